The van der Waals surface area contributed by atoms with Gasteiger partial charge in [0.1, 0.15) is 9.84 Å². The van der Waals surface area contributed by atoms with Crippen molar-refractivity contribution in [2.24, 2.45) is 5.92 Å². The van der Waals surface area contributed by atoms with Crippen LogP contribution in [0.25, 0.3) is 0 Å². The first-order chi connectivity index (χ1) is 14.3. The number of nitrogens with one attached hydrogen (secondary N) is 3. The second-order valence-electron chi connectivity index (χ2n) is 9.79. The number of amides is 2. The molecule has 0 heterocycles. The molecule has 0 spiro atoms. The molecule has 3 rings (SSSR count). The Balaban J connectivity index is 1.35. The average molecular weight is 444 g/mol. The van der Waals surface area contributed by atoms with Crippen LogP contribution in [0.2, 0.25) is 0 Å². The van der Waals surface area contributed by atoms with E-state index in [-0.39, 0.29) is 23.4 Å². The summed E-state index contributed by atoms with van der Waals surface area (Å²) in [6.07, 6.45) is 13.7. The molecule has 3 saturated carbocycles. The summed E-state index contributed by atoms with van der Waals surface area (Å²) in [6, 6.07) is 0.483. The molecule has 8 heteroatoms. The molecular formula is C22H41N3O4S. The van der Waals surface area contributed by atoms with E-state index in [0.717, 1.165) is 32.1 Å². The predicted molar refractivity (Wildman–Crippen MR) is 119 cm³/mol. The molecule has 30 heavy (non-hydrogen) atoms. The topological polar surface area (TPSA) is 96.5 Å². The van der Waals surface area contributed by atoms with Gasteiger partial charge in [0, 0.05) is 24.4 Å². The third-order valence-corrected chi connectivity index (χ3v) is 9.05. The first-order valence-electron chi connectivity index (χ1n) is 11.9. The van der Waals surface area contributed by atoms with Crippen molar-refractivity contribution < 1.29 is 17.9 Å². The smallest absolute Gasteiger partial charge is 0.315 e. The van der Waals surface area contributed by atoms with Crippen molar-refractivity contribution in [1.29, 1.82) is 0 Å². The van der Waals surface area contributed by atoms with Gasteiger partial charge in [-0.3, -0.25) is 5.32 Å². The van der Waals surface area contributed by atoms with Gasteiger partial charge in [-0.15, -0.1) is 0 Å². The zero-order valence-corrected chi connectivity index (χ0v) is 19.5. The summed E-state index contributed by atoms with van der Waals surface area (Å²) in [4.78, 5) is 12.5. The lowest BCUT2D eigenvalue weighted by Crippen LogP contribution is -2.52. The third-order valence-electron chi connectivity index (χ3n) is 7.36. The largest absolute Gasteiger partial charge is 0.363 e. The molecule has 0 aromatic heterocycles. The molecule has 0 saturated heterocycles. The average Bonchev–Trinajstić information content (AvgIpc) is 2.71. The lowest BCUT2D eigenvalue weighted by atomic mass is 9.83. The highest BCUT2D eigenvalue weighted by Gasteiger charge is 2.31. The van der Waals surface area contributed by atoms with E-state index in [1.165, 1.54) is 38.4 Å². The molecule has 3 aliphatic carbocycles. The van der Waals surface area contributed by atoms with Gasteiger partial charge < -0.3 is 15.4 Å². The number of urea groups is 1. The summed E-state index contributed by atoms with van der Waals surface area (Å²) in [6.45, 7) is 2.87. The van der Waals surface area contributed by atoms with Gasteiger partial charge in [-0.05, 0) is 63.7 Å². The quantitative estimate of drug-likeness (QED) is 0.526. The molecule has 174 valence electrons. The lowest BCUT2D eigenvalue weighted by molar-refractivity contribution is 0.00714. The second-order valence-corrected chi connectivity index (χ2v) is 12.1. The van der Waals surface area contributed by atoms with Crippen LogP contribution in [-0.2, 0) is 14.6 Å². The number of hydrogen-bond donors (Lipinski definition) is 3. The zero-order valence-electron chi connectivity index (χ0n) is 18.7. The fourth-order valence-electron chi connectivity index (χ4n) is 5.29. The SMILES string of the molecule is CC1CCC(NC(=O)NC2CCC(S(C)(=O)=O)CC2)CC1NCOC1CCCCC1. The van der Waals surface area contributed by atoms with Crippen molar-refractivity contribution in [3.63, 3.8) is 0 Å². The summed E-state index contributed by atoms with van der Waals surface area (Å²) >= 11 is 0. The number of carbonyl (C=O) groups is 1. The number of sulfone groups is 1. The maximum Gasteiger partial charge on any atom is 0.315 e. The minimum Gasteiger partial charge on any atom is -0.363 e. The van der Waals surface area contributed by atoms with E-state index in [4.69, 9.17) is 4.74 Å². The van der Waals surface area contributed by atoms with Gasteiger partial charge in [-0.25, -0.2) is 13.2 Å². The highest BCUT2D eigenvalue weighted by molar-refractivity contribution is 7.91. The van der Waals surface area contributed by atoms with Crippen LogP contribution in [0.1, 0.15) is 84.0 Å². The van der Waals surface area contributed by atoms with Crippen LogP contribution in [-0.4, -0.2) is 56.9 Å². The Hall–Kier alpha value is -0.860. The van der Waals surface area contributed by atoms with Crippen molar-refractivity contribution in [1.82, 2.24) is 16.0 Å². The Bertz CT molecular complexity index is 643. The number of carbonyl (C=O) groups excluding carboxylic acids is 1. The van der Waals surface area contributed by atoms with E-state index < -0.39 is 9.84 Å². The Morgan fingerprint density at radius 2 is 1.53 bits per heavy atom. The molecule has 3 fully saturated rings. The summed E-state index contributed by atoms with van der Waals surface area (Å²) in [7, 11) is -2.97. The second kappa shape index (κ2) is 11.1. The summed E-state index contributed by atoms with van der Waals surface area (Å²) < 4.78 is 29.4. The molecule has 3 aliphatic rings. The maximum absolute atomic E-state index is 12.5. The van der Waals surface area contributed by atoms with Gasteiger partial charge in [-0.1, -0.05) is 26.2 Å². The van der Waals surface area contributed by atoms with Crippen molar-refractivity contribution in [2.75, 3.05) is 13.0 Å². The molecule has 0 radical (unpaired) electrons. The minimum atomic E-state index is -2.97. The van der Waals surface area contributed by atoms with E-state index in [0.29, 0.717) is 37.6 Å². The molecule has 7 nitrogen and oxygen atoms in total. The van der Waals surface area contributed by atoms with Gasteiger partial charge in [0.15, 0.2) is 0 Å². The number of rotatable bonds is 7. The van der Waals surface area contributed by atoms with Crippen LogP contribution in [0.5, 0.6) is 0 Å². The van der Waals surface area contributed by atoms with E-state index >= 15 is 0 Å². The molecule has 2 amide bonds. The Kier molecular flexibility index (Phi) is 8.83. The lowest BCUT2D eigenvalue weighted by Gasteiger charge is -2.36. The van der Waals surface area contributed by atoms with Crippen molar-refractivity contribution >= 4 is 15.9 Å². The normalized spacial score (nSPS) is 33.7. The Labute approximate surface area is 182 Å². The van der Waals surface area contributed by atoms with Gasteiger partial charge in [0.2, 0.25) is 0 Å². The Morgan fingerprint density at radius 3 is 2.20 bits per heavy atom. The molecule has 0 bridgehead atoms. The van der Waals surface area contributed by atoms with Crippen LogP contribution < -0.4 is 16.0 Å². The van der Waals surface area contributed by atoms with Crippen LogP contribution in [0.15, 0.2) is 0 Å². The van der Waals surface area contributed by atoms with Gasteiger partial charge in [0.05, 0.1) is 18.1 Å². The highest BCUT2D eigenvalue weighted by atomic mass is 32.2. The van der Waals surface area contributed by atoms with Crippen molar-refractivity contribution in [3.05, 3.63) is 0 Å². The maximum atomic E-state index is 12.5. The summed E-state index contributed by atoms with van der Waals surface area (Å²) in [5, 5.41) is 9.53. The van der Waals surface area contributed by atoms with Gasteiger partial charge in [-0.2, -0.15) is 0 Å². The van der Waals surface area contributed by atoms with Crippen LogP contribution >= 0.6 is 0 Å². The molecule has 0 aliphatic heterocycles. The van der Waals surface area contributed by atoms with E-state index in [1.807, 2.05) is 0 Å². The van der Waals surface area contributed by atoms with E-state index in [9.17, 15) is 13.2 Å². The molecule has 0 aromatic carbocycles. The molecular weight excluding hydrogens is 402 g/mol. The van der Waals surface area contributed by atoms with Crippen LogP contribution in [0.4, 0.5) is 4.79 Å². The fourth-order valence-corrected chi connectivity index (χ4v) is 6.42. The zero-order chi connectivity index (χ0) is 21.6. The van der Waals surface area contributed by atoms with Crippen LogP contribution in [0.3, 0.4) is 0 Å². The third kappa shape index (κ3) is 7.38. The molecule has 3 unspecified atom stereocenters. The van der Waals surface area contributed by atoms with Crippen LogP contribution in [0, 0.1) is 5.92 Å². The fraction of sp³-hybridized carbons (Fsp3) is 0.955. The predicted octanol–water partition coefficient (Wildman–Crippen LogP) is 3.10. The standard InChI is InChI=1S/C22H41N3O4S/c1-16-8-9-18(14-21(16)23-15-29-19-6-4-3-5-7-19)25-22(26)24-17-10-12-20(13-11-17)30(2,27)28/h16-21,23H,3-15H2,1-2H3,(H2,24,25,26). The van der Waals surface area contributed by atoms with E-state index in [1.54, 1.807) is 0 Å². The number of ether oxygens (including phenoxy) is 1. The van der Waals surface area contributed by atoms with Gasteiger partial charge in [0.25, 0.3) is 0 Å². The first kappa shape index (κ1) is 23.8. The molecule has 3 N–H and O–H groups in total. The molecule has 0 aromatic rings. The van der Waals surface area contributed by atoms with Crippen molar-refractivity contribution in [2.45, 2.75) is 113 Å². The van der Waals surface area contributed by atoms with Crippen molar-refractivity contribution in [3.8, 4) is 0 Å². The number of hydrogen-bond acceptors (Lipinski definition) is 5. The Morgan fingerprint density at radius 1 is 0.900 bits per heavy atom. The van der Waals surface area contributed by atoms with E-state index in [2.05, 4.69) is 22.9 Å². The first-order valence-corrected chi connectivity index (χ1v) is 13.9. The molecule has 3 atom stereocenters. The highest BCUT2D eigenvalue weighted by Crippen LogP contribution is 2.26. The van der Waals surface area contributed by atoms with Gasteiger partial charge >= 0.3 is 6.03 Å². The summed E-state index contributed by atoms with van der Waals surface area (Å²) in [5.41, 5.74) is 0. The monoisotopic (exact) mass is 443 g/mol. The summed E-state index contributed by atoms with van der Waals surface area (Å²) in [5.74, 6) is 0.576. The minimum absolute atomic E-state index is 0.0725.